The van der Waals surface area contributed by atoms with Gasteiger partial charge in [-0.15, -0.1) is 0 Å². The van der Waals surface area contributed by atoms with Gasteiger partial charge in [0, 0.05) is 0 Å². The van der Waals surface area contributed by atoms with E-state index in [1.807, 2.05) is 0 Å². The summed E-state index contributed by atoms with van der Waals surface area (Å²) in [5, 5.41) is 0. The average Bonchev–Trinajstić information content (AvgIpc) is 2.09. The predicted octanol–water partition coefficient (Wildman–Crippen LogP) is -3.57. The van der Waals surface area contributed by atoms with Gasteiger partial charge in [-0.25, -0.2) is 0 Å². The zero-order chi connectivity index (χ0) is 16.8. The molecule has 0 unspecified atom stereocenters. The number of hydrogen-bond donors (Lipinski definition) is 4. The maximum atomic E-state index is 9.51. The van der Waals surface area contributed by atoms with Gasteiger partial charge in [-0.1, -0.05) is 17.3 Å². The molecule has 0 atom stereocenters. The number of hydrogen-bond acceptors (Lipinski definition) is 12. The molecule has 0 aromatic rings. The van der Waals surface area contributed by atoms with Crippen molar-refractivity contribution < 1.29 is 69.2 Å². The Morgan fingerprint density at radius 2 is 0.524 bits per heavy atom. The Bertz CT molecular complexity index is 556. The third kappa shape index (κ3) is 33.4. The van der Waals surface area contributed by atoms with E-state index in [-0.39, 0.29) is 29.6 Å². The van der Waals surface area contributed by atoms with Crippen LogP contribution < -0.4 is 0 Å². The summed E-state index contributed by atoms with van der Waals surface area (Å²) < 4.78 is 118. The van der Waals surface area contributed by atoms with Crippen molar-refractivity contribution in [3.05, 3.63) is 0 Å². The molecule has 0 fully saturated rings. The van der Waals surface area contributed by atoms with Crippen LogP contribution in [0.4, 0.5) is 0 Å². The van der Waals surface area contributed by atoms with E-state index in [2.05, 4.69) is 17.3 Å². The minimum atomic E-state index is -5.02. The van der Waals surface area contributed by atoms with E-state index in [9.17, 15) is 33.7 Å². The van der Waals surface area contributed by atoms with Crippen LogP contribution in [0.3, 0.4) is 0 Å². The molecule has 0 aliphatic heterocycles. The van der Waals surface area contributed by atoms with Gasteiger partial charge < -0.3 is 0 Å². The van der Waals surface area contributed by atoms with Gasteiger partial charge in [-0.3, -0.25) is 18.2 Å². The Balaban J connectivity index is -0.000000295. The quantitative estimate of drug-likeness (QED) is 0.142. The fourth-order valence-corrected chi connectivity index (χ4v) is 1.26. The molecule has 0 rings (SSSR count). The zero-order valence-corrected chi connectivity index (χ0v) is 11.6. The summed E-state index contributed by atoms with van der Waals surface area (Å²) in [5.74, 6) is 0. The van der Waals surface area contributed by atoms with Gasteiger partial charge in [0.1, 0.15) is 0 Å². The molecule has 0 aromatic heterocycles. The summed E-state index contributed by atoms with van der Waals surface area (Å²) in [6.07, 6.45) is 0. The average molecular weight is 412 g/mol. The van der Waals surface area contributed by atoms with Gasteiger partial charge in [-0.05, 0) is 0 Å². The van der Waals surface area contributed by atoms with Crippen molar-refractivity contribution in [3.63, 3.8) is 0 Å². The summed E-state index contributed by atoms with van der Waals surface area (Å²) in [7, 11) is -20.1. The maximum absolute atomic E-state index is 9.51. The van der Waals surface area contributed by atoms with Gasteiger partial charge in [-0.2, -0.15) is 33.7 Å². The van der Waals surface area contributed by atoms with Crippen LogP contribution in [-0.4, -0.2) is 81.4 Å². The Kier molecular flexibility index (Phi) is 12.0. The van der Waals surface area contributed by atoms with Crippen molar-refractivity contribution in [2.75, 3.05) is 0 Å². The monoisotopic (exact) mass is 412 g/mol. The van der Waals surface area contributed by atoms with Gasteiger partial charge in [0.2, 0.25) is 0 Å². The van der Waals surface area contributed by atoms with Crippen molar-refractivity contribution >= 4 is 71.2 Å². The predicted molar refractivity (Wildman–Crippen MR) is 57.7 cm³/mol. The summed E-state index contributed by atoms with van der Waals surface area (Å²) >= 11 is 0. The zero-order valence-electron chi connectivity index (χ0n) is 8.32. The Labute approximate surface area is 139 Å². The molecule has 0 bridgehead atoms. The van der Waals surface area contributed by atoms with Crippen LogP contribution in [0.15, 0.2) is 0 Å². The third-order valence-electron chi connectivity index (χ3n) is 0.399. The Hall–Kier alpha value is 0.480. The van der Waals surface area contributed by atoms with Gasteiger partial charge in [0.25, 0.3) is 0 Å². The van der Waals surface area contributed by atoms with Crippen LogP contribution in [0.1, 0.15) is 0 Å². The molecular formula is H5NaO16S4. The first-order valence-corrected chi connectivity index (χ1v) is 8.52. The van der Waals surface area contributed by atoms with E-state index >= 15 is 0 Å². The fraction of sp³-hybridized carbons (Fsp3) is 0. The van der Waals surface area contributed by atoms with Crippen LogP contribution in [0, 0.1) is 0 Å². The molecule has 0 aliphatic rings. The standard InChI is InChI=1S/Na.2H2O8S2.H/c;2*1-9(2,3)7-8-10(4,5)6;/h;2*(H,1,2,3)(H,4,5,6);. The second-order valence-electron chi connectivity index (χ2n) is 1.98. The summed E-state index contributed by atoms with van der Waals surface area (Å²) in [5.41, 5.74) is 0. The molecule has 126 valence electrons. The van der Waals surface area contributed by atoms with E-state index in [0.717, 1.165) is 0 Å². The molecule has 0 spiro atoms. The molecule has 0 aromatic carbocycles. The van der Waals surface area contributed by atoms with E-state index < -0.39 is 41.6 Å². The van der Waals surface area contributed by atoms with Crippen molar-refractivity contribution in [2.45, 2.75) is 0 Å². The molecule has 16 nitrogen and oxygen atoms in total. The molecular weight excluding hydrogens is 407 g/mol. The second-order valence-corrected chi connectivity index (χ2v) is 5.95. The first-order valence-electron chi connectivity index (χ1n) is 3.06. The fourth-order valence-electron chi connectivity index (χ4n) is 0.140. The topological polar surface area (TPSA) is 254 Å². The van der Waals surface area contributed by atoms with E-state index in [1.165, 1.54) is 0 Å². The Morgan fingerprint density at radius 3 is 0.571 bits per heavy atom. The van der Waals surface area contributed by atoms with Crippen LogP contribution in [0.5, 0.6) is 0 Å². The molecule has 0 heterocycles. The normalized spacial score (nSPS) is 12.8. The summed E-state index contributed by atoms with van der Waals surface area (Å²) in [4.78, 5) is 0. The Morgan fingerprint density at radius 1 is 0.429 bits per heavy atom. The van der Waals surface area contributed by atoms with E-state index in [1.54, 1.807) is 0 Å². The van der Waals surface area contributed by atoms with Crippen molar-refractivity contribution in [1.29, 1.82) is 0 Å². The second kappa shape index (κ2) is 9.58. The summed E-state index contributed by atoms with van der Waals surface area (Å²) in [6.45, 7) is 0. The first kappa shape index (κ1) is 26.4. The molecule has 4 N–H and O–H groups in total. The van der Waals surface area contributed by atoms with Crippen molar-refractivity contribution in [1.82, 2.24) is 0 Å². The summed E-state index contributed by atoms with van der Waals surface area (Å²) in [6, 6.07) is 0. The van der Waals surface area contributed by atoms with E-state index in [4.69, 9.17) is 18.2 Å². The van der Waals surface area contributed by atoms with Gasteiger partial charge in [0.05, 0.1) is 0 Å². The minimum absolute atomic E-state index is 0. The van der Waals surface area contributed by atoms with E-state index in [0.29, 0.717) is 0 Å². The molecule has 0 radical (unpaired) electrons. The van der Waals surface area contributed by atoms with Crippen molar-refractivity contribution in [3.8, 4) is 0 Å². The third-order valence-corrected chi connectivity index (χ3v) is 1.53. The molecule has 21 heavy (non-hydrogen) atoms. The van der Waals surface area contributed by atoms with Crippen molar-refractivity contribution in [2.24, 2.45) is 0 Å². The van der Waals surface area contributed by atoms with Crippen LogP contribution >= 0.6 is 0 Å². The van der Waals surface area contributed by atoms with Crippen LogP contribution in [0.25, 0.3) is 0 Å². The SMILES string of the molecule is O=S(=O)(O)OOS(=O)(=O)O.O=S(=O)(O)OOS(=O)(=O)O.[NaH]. The molecule has 0 aliphatic carbocycles. The first-order chi connectivity index (χ1) is 8.41. The molecule has 0 saturated heterocycles. The van der Waals surface area contributed by atoms with Crippen LogP contribution in [0.2, 0.25) is 0 Å². The molecule has 0 amide bonds. The molecule has 21 heteroatoms. The molecule has 0 saturated carbocycles. The van der Waals surface area contributed by atoms with Gasteiger partial charge >= 0.3 is 71.2 Å². The van der Waals surface area contributed by atoms with Gasteiger partial charge in [0.15, 0.2) is 0 Å². The van der Waals surface area contributed by atoms with Crippen LogP contribution in [-0.2, 0) is 58.9 Å². The number of rotatable bonds is 6.